The van der Waals surface area contributed by atoms with Gasteiger partial charge in [-0.2, -0.15) is 0 Å². The molecule has 0 aromatic carbocycles. The molecule has 0 radical (unpaired) electrons. The molecule has 0 bridgehead atoms. The smallest absolute Gasteiger partial charge is 0.342 e. The van der Waals surface area contributed by atoms with Crippen molar-refractivity contribution in [3.63, 3.8) is 0 Å². The van der Waals surface area contributed by atoms with Gasteiger partial charge in [0.15, 0.2) is 5.82 Å². The van der Waals surface area contributed by atoms with Crippen molar-refractivity contribution in [3.05, 3.63) is 22.1 Å². The monoisotopic (exact) mass is 281 g/mol. The molecule has 0 spiro atoms. The molecular formula is C11H15N5O4. The van der Waals surface area contributed by atoms with Crippen LogP contribution in [0.15, 0.2) is 6.20 Å². The lowest BCUT2D eigenvalue weighted by atomic mass is 10.1. The predicted octanol–water partition coefficient (Wildman–Crippen LogP) is 0.430. The molecule has 0 aliphatic carbocycles. The van der Waals surface area contributed by atoms with Crippen LogP contribution in [-0.4, -0.2) is 43.4 Å². The fourth-order valence-electron chi connectivity index (χ4n) is 2.10. The average Bonchev–Trinajstić information content (AvgIpc) is 2.78. The Labute approximate surface area is 114 Å². The van der Waals surface area contributed by atoms with Gasteiger partial charge >= 0.3 is 11.8 Å². The maximum absolute atomic E-state index is 12.0. The van der Waals surface area contributed by atoms with E-state index in [4.69, 9.17) is 0 Å². The number of aromatic nitrogens is 2. The van der Waals surface area contributed by atoms with Gasteiger partial charge in [-0.3, -0.25) is 9.69 Å². The normalized spacial score (nSPS) is 17.4. The Morgan fingerprint density at radius 2 is 2.05 bits per heavy atom. The van der Waals surface area contributed by atoms with Crippen molar-refractivity contribution in [1.82, 2.24) is 19.8 Å². The van der Waals surface area contributed by atoms with Gasteiger partial charge in [0.2, 0.25) is 0 Å². The average molecular weight is 281 g/mol. The molecule has 108 valence electrons. The zero-order valence-corrected chi connectivity index (χ0v) is 11.4. The topological polar surface area (TPSA) is 110 Å². The highest BCUT2D eigenvalue weighted by molar-refractivity contribution is 6.06. The molecule has 0 atom stereocenters. The number of nitrogens with one attached hydrogen (secondary N) is 1. The first kappa shape index (κ1) is 14.0. The van der Waals surface area contributed by atoms with E-state index in [0.717, 1.165) is 11.1 Å². The second-order valence-corrected chi connectivity index (χ2v) is 5.08. The lowest BCUT2D eigenvalue weighted by molar-refractivity contribution is -0.392. The highest BCUT2D eigenvalue weighted by atomic mass is 16.6. The molecule has 1 saturated heterocycles. The summed E-state index contributed by atoms with van der Waals surface area (Å²) in [6.07, 6.45) is 1.16. The first-order chi connectivity index (χ1) is 9.24. The number of aryl methyl sites for hydroxylation is 1. The minimum absolute atomic E-state index is 0.0616. The summed E-state index contributed by atoms with van der Waals surface area (Å²) >= 11 is 0. The van der Waals surface area contributed by atoms with E-state index >= 15 is 0 Å². The first-order valence-electron chi connectivity index (χ1n) is 6.04. The van der Waals surface area contributed by atoms with Crippen molar-refractivity contribution in [3.8, 4) is 0 Å². The molecule has 1 N–H and O–H groups in total. The van der Waals surface area contributed by atoms with E-state index in [2.05, 4.69) is 10.3 Å². The summed E-state index contributed by atoms with van der Waals surface area (Å²) < 4.78 is 1.37. The van der Waals surface area contributed by atoms with Crippen LogP contribution in [0.3, 0.4) is 0 Å². The maximum Gasteiger partial charge on any atom is 0.342 e. The fourth-order valence-corrected chi connectivity index (χ4v) is 2.10. The number of imidazole rings is 1. The molecule has 20 heavy (non-hydrogen) atoms. The van der Waals surface area contributed by atoms with Crippen LogP contribution in [0.1, 0.15) is 19.7 Å². The fraction of sp³-hybridized carbons (Fsp3) is 0.545. The Balaban J connectivity index is 2.14. The van der Waals surface area contributed by atoms with Gasteiger partial charge in [-0.05, 0) is 18.8 Å². The molecule has 1 aliphatic rings. The quantitative estimate of drug-likeness (QED) is 0.489. The van der Waals surface area contributed by atoms with Crippen LogP contribution in [0.2, 0.25) is 0 Å². The Bertz CT molecular complexity index is 592. The number of nitro groups is 1. The van der Waals surface area contributed by atoms with Gasteiger partial charge in [0.25, 0.3) is 5.91 Å². The van der Waals surface area contributed by atoms with Gasteiger partial charge in [-0.25, -0.2) is 14.3 Å². The summed E-state index contributed by atoms with van der Waals surface area (Å²) in [5.41, 5.74) is -0.938. The number of urea groups is 1. The number of rotatable bonds is 4. The highest BCUT2D eigenvalue weighted by Gasteiger charge is 2.44. The van der Waals surface area contributed by atoms with Crippen molar-refractivity contribution in [2.24, 2.45) is 0 Å². The number of amides is 3. The van der Waals surface area contributed by atoms with Gasteiger partial charge in [0.05, 0.1) is 6.54 Å². The Morgan fingerprint density at radius 3 is 2.55 bits per heavy atom. The van der Waals surface area contributed by atoms with Crippen LogP contribution in [0.5, 0.6) is 0 Å². The van der Waals surface area contributed by atoms with E-state index in [9.17, 15) is 19.7 Å². The molecule has 9 heteroatoms. The van der Waals surface area contributed by atoms with Crippen molar-refractivity contribution < 1.29 is 14.5 Å². The van der Waals surface area contributed by atoms with Crippen LogP contribution < -0.4 is 5.32 Å². The number of nitrogens with zero attached hydrogens (tertiary/aromatic N) is 4. The standard InChI is InChI=1S/C11H15N5O4/c1-7-12-6-8(16(19)20)14(7)4-5-15-9(17)11(2,3)13-10(15)18/h6H,4-5H2,1-3H3,(H,13,18). The molecule has 9 nitrogen and oxygen atoms in total. The summed E-state index contributed by atoms with van der Waals surface area (Å²) in [7, 11) is 0. The van der Waals surface area contributed by atoms with Crippen LogP contribution in [-0.2, 0) is 11.3 Å². The van der Waals surface area contributed by atoms with E-state index < -0.39 is 16.5 Å². The molecule has 1 aromatic rings. The lowest BCUT2D eigenvalue weighted by Gasteiger charge is -2.15. The summed E-state index contributed by atoms with van der Waals surface area (Å²) in [5, 5.41) is 13.4. The van der Waals surface area contributed by atoms with Crippen LogP contribution in [0, 0.1) is 17.0 Å². The third-order valence-corrected chi connectivity index (χ3v) is 3.21. The Morgan fingerprint density at radius 1 is 1.40 bits per heavy atom. The molecule has 0 unspecified atom stereocenters. The number of hydrogen-bond acceptors (Lipinski definition) is 5. The van der Waals surface area contributed by atoms with Crippen LogP contribution in [0.25, 0.3) is 0 Å². The third kappa shape index (κ3) is 2.22. The van der Waals surface area contributed by atoms with E-state index in [1.165, 1.54) is 4.57 Å². The number of imide groups is 1. The molecule has 1 fully saturated rings. The Kier molecular flexibility index (Phi) is 3.20. The highest BCUT2D eigenvalue weighted by Crippen LogP contribution is 2.18. The van der Waals surface area contributed by atoms with Gasteiger partial charge in [-0.15, -0.1) is 0 Å². The molecule has 0 saturated carbocycles. The van der Waals surface area contributed by atoms with E-state index in [-0.39, 0.29) is 24.8 Å². The molecule has 2 rings (SSSR count). The summed E-state index contributed by atoms with van der Waals surface area (Å²) in [6.45, 7) is 5.04. The van der Waals surface area contributed by atoms with Crippen molar-refractivity contribution >= 4 is 17.8 Å². The van der Waals surface area contributed by atoms with E-state index in [1.807, 2.05) is 0 Å². The zero-order chi connectivity index (χ0) is 15.1. The second kappa shape index (κ2) is 4.58. The number of carbonyl (C=O) groups excluding carboxylic acids is 2. The lowest BCUT2D eigenvalue weighted by Crippen LogP contribution is -2.40. The molecule has 3 amide bonds. The predicted molar refractivity (Wildman–Crippen MR) is 67.9 cm³/mol. The maximum atomic E-state index is 12.0. The van der Waals surface area contributed by atoms with Gasteiger partial charge in [0.1, 0.15) is 18.3 Å². The van der Waals surface area contributed by atoms with E-state index in [1.54, 1.807) is 20.8 Å². The van der Waals surface area contributed by atoms with Gasteiger partial charge in [-0.1, -0.05) is 0 Å². The second-order valence-electron chi connectivity index (χ2n) is 5.08. The molecule has 2 heterocycles. The summed E-state index contributed by atoms with van der Waals surface area (Å²) in [5.74, 6) is -0.0419. The third-order valence-electron chi connectivity index (χ3n) is 3.21. The minimum atomic E-state index is -0.938. The largest absolute Gasteiger partial charge is 0.358 e. The van der Waals surface area contributed by atoms with Crippen molar-refractivity contribution in [2.75, 3.05) is 6.54 Å². The van der Waals surface area contributed by atoms with Gasteiger partial charge < -0.3 is 15.4 Å². The zero-order valence-electron chi connectivity index (χ0n) is 11.4. The van der Waals surface area contributed by atoms with Crippen molar-refractivity contribution in [1.29, 1.82) is 0 Å². The first-order valence-corrected chi connectivity index (χ1v) is 6.04. The van der Waals surface area contributed by atoms with E-state index in [0.29, 0.717) is 5.82 Å². The molecule has 1 aromatic heterocycles. The van der Waals surface area contributed by atoms with Crippen molar-refractivity contribution in [2.45, 2.75) is 32.9 Å². The summed E-state index contributed by atoms with van der Waals surface area (Å²) in [6, 6.07) is -0.486. The minimum Gasteiger partial charge on any atom is -0.358 e. The molecule has 1 aliphatic heterocycles. The Hall–Kier alpha value is -2.45. The SMILES string of the molecule is Cc1ncc([N+](=O)[O-])n1CCN1C(=O)NC(C)(C)C1=O. The molecular weight excluding hydrogens is 266 g/mol. The number of hydrogen-bond donors (Lipinski definition) is 1. The van der Waals surface area contributed by atoms with Crippen LogP contribution in [0.4, 0.5) is 10.6 Å². The number of carbonyl (C=O) groups is 2. The summed E-state index contributed by atoms with van der Waals surface area (Å²) in [4.78, 5) is 38.9. The van der Waals surface area contributed by atoms with Gasteiger partial charge in [0, 0.05) is 6.92 Å². The van der Waals surface area contributed by atoms with Crippen LogP contribution >= 0.6 is 0 Å².